The predicted molar refractivity (Wildman–Crippen MR) is 126 cm³/mol. The maximum Gasteiger partial charge on any atom is 0.138 e. The molecule has 7 nitrogen and oxygen atoms in total. The second-order valence-electron chi connectivity index (χ2n) is 9.07. The van der Waals surface area contributed by atoms with Gasteiger partial charge in [-0.2, -0.15) is 0 Å². The first-order chi connectivity index (χ1) is 15.9. The summed E-state index contributed by atoms with van der Waals surface area (Å²) in [7, 11) is 0. The Morgan fingerprint density at radius 3 is 2.67 bits per heavy atom. The van der Waals surface area contributed by atoms with Crippen LogP contribution < -0.4 is 4.74 Å². The third kappa shape index (κ3) is 4.57. The lowest BCUT2D eigenvalue weighted by atomic mass is 9.88. The third-order valence-electron chi connectivity index (χ3n) is 6.38. The van der Waals surface area contributed by atoms with E-state index in [2.05, 4.69) is 14.9 Å². The average molecular weight is 448 g/mol. The molecule has 33 heavy (non-hydrogen) atoms. The summed E-state index contributed by atoms with van der Waals surface area (Å²) in [5, 5.41) is 22.7. The van der Waals surface area contributed by atoms with E-state index in [1.807, 2.05) is 56.3 Å². The maximum atomic E-state index is 11.2. The van der Waals surface area contributed by atoms with Gasteiger partial charge < -0.3 is 24.3 Å². The molecule has 2 aromatic carbocycles. The second-order valence-corrected chi connectivity index (χ2v) is 9.07. The lowest BCUT2D eigenvalue weighted by Gasteiger charge is -2.38. The van der Waals surface area contributed by atoms with Gasteiger partial charge in [-0.1, -0.05) is 12.1 Å². The van der Waals surface area contributed by atoms with E-state index in [0.29, 0.717) is 38.2 Å². The minimum atomic E-state index is -0.999. The molecule has 1 saturated heterocycles. The number of benzene rings is 2. The quantitative estimate of drug-likeness (QED) is 0.465. The molecule has 172 valence electrons. The summed E-state index contributed by atoms with van der Waals surface area (Å²) in [4.78, 5) is 11.3. The molecule has 2 aromatic heterocycles. The van der Waals surface area contributed by atoms with Crippen molar-refractivity contribution in [2.45, 2.75) is 38.4 Å². The largest absolute Gasteiger partial charge is 0.490 e. The van der Waals surface area contributed by atoms with Crippen LogP contribution in [0.2, 0.25) is 0 Å². The smallest absolute Gasteiger partial charge is 0.138 e. The molecule has 1 atom stereocenters. The van der Waals surface area contributed by atoms with Crippen LogP contribution in [-0.2, 0) is 5.60 Å². The summed E-state index contributed by atoms with van der Waals surface area (Å²) < 4.78 is 11.7. The molecule has 4 aromatic rings. The highest BCUT2D eigenvalue weighted by atomic mass is 16.5. The molecule has 0 amide bonds. The topological polar surface area (TPSA) is 91.9 Å². The molecule has 0 spiro atoms. The number of nitrogens with zero attached hydrogens (tertiary/aromatic N) is 3. The number of hydrogen-bond acceptors (Lipinski definition) is 7. The Kier molecular flexibility index (Phi) is 5.78. The number of para-hydroxylation sites is 2. The number of likely N-dealkylation sites (tertiary alicyclic amines) is 1. The molecule has 0 bridgehead atoms. The highest BCUT2D eigenvalue weighted by Gasteiger charge is 2.36. The number of fused-ring (bicyclic) bond motifs is 2. The average Bonchev–Trinajstić information content (AvgIpc) is 3.18. The maximum absolute atomic E-state index is 11.2. The van der Waals surface area contributed by atoms with E-state index in [1.165, 1.54) is 0 Å². The third-order valence-corrected chi connectivity index (χ3v) is 6.38. The highest BCUT2D eigenvalue weighted by molar-refractivity contribution is 5.85. The van der Waals surface area contributed by atoms with Crippen molar-refractivity contribution < 1.29 is 19.4 Å². The number of β-amino-alcohol motifs (C(OH)–C–C–N with tert-alkyl or cyclic N) is 1. The van der Waals surface area contributed by atoms with Gasteiger partial charge in [0.15, 0.2) is 0 Å². The van der Waals surface area contributed by atoms with Gasteiger partial charge in [-0.3, -0.25) is 4.98 Å². The van der Waals surface area contributed by atoms with E-state index < -0.39 is 11.7 Å². The number of piperidine rings is 1. The van der Waals surface area contributed by atoms with Crippen LogP contribution in [0, 0.1) is 13.8 Å². The van der Waals surface area contributed by atoms with Gasteiger partial charge in [0.1, 0.15) is 35.4 Å². The van der Waals surface area contributed by atoms with Crippen molar-refractivity contribution in [3.05, 3.63) is 65.7 Å². The van der Waals surface area contributed by atoms with Crippen LogP contribution in [0.1, 0.15) is 29.9 Å². The molecular weight excluding hydrogens is 418 g/mol. The van der Waals surface area contributed by atoms with Crippen molar-refractivity contribution >= 4 is 22.0 Å². The Morgan fingerprint density at radius 2 is 1.88 bits per heavy atom. The number of ether oxygens (including phenoxy) is 1. The van der Waals surface area contributed by atoms with Gasteiger partial charge in [0.25, 0.3) is 0 Å². The van der Waals surface area contributed by atoms with Crippen LogP contribution in [0.4, 0.5) is 0 Å². The highest BCUT2D eigenvalue weighted by Crippen LogP contribution is 2.33. The number of furan rings is 1. The van der Waals surface area contributed by atoms with Crippen LogP contribution >= 0.6 is 0 Å². The van der Waals surface area contributed by atoms with E-state index in [1.54, 1.807) is 6.20 Å². The van der Waals surface area contributed by atoms with Crippen molar-refractivity contribution in [2.75, 3.05) is 26.2 Å². The number of aliphatic hydroxyl groups is 2. The lowest BCUT2D eigenvalue weighted by molar-refractivity contribution is -0.0400. The van der Waals surface area contributed by atoms with Crippen LogP contribution in [0.25, 0.3) is 22.0 Å². The minimum absolute atomic E-state index is 0.194. The molecule has 7 heteroatoms. The van der Waals surface area contributed by atoms with Crippen LogP contribution in [0.5, 0.6) is 5.75 Å². The second kappa shape index (κ2) is 8.74. The van der Waals surface area contributed by atoms with Gasteiger partial charge in [-0.25, -0.2) is 4.98 Å². The van der Waals surface area contributed by atoms with Gasteiger partial charge in [0.2, 0.25) is 0 Å². The molecule has 0 radical (unpaired) electrons. The molecule has 0 unspecified atom stereocenters. The number of aromatic nitrogens is 2. The van der Waals surface area contributed by atoms with Gasteiger partial charge in [-0.05, 0) is 62.6 Å². The summed E-state index contributed by atoms with van der Waals surface area (Å²) in [5.74, 6) is 1.56. The number of hydrogen-bond donors (Lipinski definition) is 2. The molecule has 3 heterocycles. The summed E-state index contributed by atoms with van der Waals surface area (Å²) in [6.45, 7) is 5.91. The molecule has 0 saturated carbocycles. The Balaban J connectivity index is 1.18. The van der Waals surface area contributed by atoms with E-state index >= 15 is 0 Å². The van der Waals surface area contributed by atoms with Gasteiger partial charge in [0.05, 0.1) is 28.3 Å². The standard InChI is InChI=1S/C26H29N3O4/c1-17-11-23(20-13-18(2)33-24(20)12-17)32-16-19(30)15-29-9-7-26(31,8-10-29)25-14-27-21-5-3-4-6-22(21)28-25/h3-6,11-14,19,30-31H,7-10,15-16H2,1-2H3/t19-/m1/s1. The number of rotatable bonds is 6. The van der Waals surface area contributed by atoms with E-state index in [9.17, 15) is 10.2 Å². The summed E-state index contributed by atoms with van der Waals surface area (Å²) in [6, 6.07) is 13.6. The first-order valence-corrected chi connectivity index (χ1v) is 11.4. The van der Waals surface area contributed by atoms with Gasteiger partial charge in [-0.15, -0.1) is 0 Å². The van der Waals surface area contributed by atoms with E-state index in [0.717, 1.165) is 39.1 Å². The van der Waals surface area contributed by atoms with Crippen LogP contribution in [0.3, 0.4) is 0 Å². The van der Waals surface area contributed by atoms with Crippen molar-refractivity contribution in [1.29, 1.82) is 0 Å². The Hall–Kier alpha value is -3.00. The Bertz CT molecular complexity index is 1280. The molecule has 1 fully saturated rings. The number of aryl methyl sites for hydroxylation is 2. The molecule has 0 aliphatic carbocycles. The predicted octanol–water partition coefficient (Wildman–Crippen LogP) is 3.72. The zero-order valence-electron chi connectivity index (χ0n) is 19.0. The van der Waals surface area contributed by atoms with Crippen LogP contribution in [0.15, 0.2) is 53.1 Å². The van der Waals surface area contributed by atoms with E-state index in [-0.39, 0.29) is 6.61 Å². The summed E-state index contributed by atoms with van der Waals surface area (Å²) in [5.41, 5.74) is 3.07. The first-order valence-electron chi connectivity index (χ1n) is 11.4. The molecule has 1 aliphatic rings. The monoisotopic (exact) mass is 447 g/mol. The summed E-state index contributed by atoms with van der Waals surface area (Å²) >= 11 is 0. The first kappa shape index (κ1) is 21.8. The molecule has 1 aliphatic heterocycles. The minimum Gasteiger partial charge on any atom is -0.490 e. The normalized spacial score (nSPS) is 17.5. The Morgan fingerprint density at radius 1 is 1.12 bits per heavy atom. The Labute approximate surface area is 192 Å². The molecular formula is C26H29N3O4. The fourth-order valence-electron chi connectivity index (χ4n) is 4.56. The SMILES string of the molecule is Cc1cc(OC[C@H](O)CN2CCC(O)(c3cnc4ccccc4n3)CC2)c2cc(C)oc2c1. The van der Waals surface area contributed by atoms with Crippen molar-refractivity contribution in [3.63, 3.8) is 0 Å². The number of aliphatic hydroxyl groups excluding tert-OH is 1. The lowest BCUT2D eigenvalue weighted by Crippen LogP contribution is -2.46. The van der Waals surface area contributed by atoms with Crippen LogP contribution in [-0.4, -0.2) is 57.4 Å². The van der Waals surface area contributed by atoms with Gasteiger partial charge >= 0.3 is 0 Å². The molecule has 2 N–H and O–H groups in total. The van der Waals surface area contributed by atoms with Gasteiger partial charge in [0, 0.05) is 19.6 Å². The van der Waals surface area contributed by atoms with Crippen molar-refractivity contribution in [2.24, 2.45) is 0 Å². The summed E-state index contributed by atoms with van der Waals surface area (Å²) in [6.07, 6.45) is 2.13. The van der Waals surface area contributed by atoms with E-state index in [4.69, 9.17) is 9.15 Å². The fraction of sp³-hybridized carbons (Fsp3) is 0.385. The fourth-order valence-corrected chi connectivity index (χ4v) is 4.56. The zero-order valence-corrected chi connectivity index (χ0v) is 19.0. The zero-order chi connectivity index (χ0) is 23.0. The van der Waals surface area contributed by atoms with Crippen molar-refractivity contribution in [3.8, 4) is 5.75 Å². The van der Waals surface area contributed by atoms with Crippen molar-refractivity contribution in [1.82, 2.24) is 14.9 Å². The molecule has 5 rings (SSSR count).